The van der Waals surface area contributed by atoms with Crippen LogP contribution in [-0.2, 0) is 0 Å². The van der Waals surface area contributed by atoms with Crippen LogP contribution in [-0.4, -0.2) is 35.7 Å². The van der Waals surface area contributed by atoms with Crippen LogP contribution in [0.4, 0.5) is 0 Å². The summed E-state index contributed by atoms with van der Waals surface area (Å²) in [6, 6.07) is 0. The van der Waals surface area contributed by atoms with E-state index in [2.05, 4.69) is 11.0 Å². The predicted molar refractivity (Wildman–Crippen MR) is 44.3 cm³/mol. The summed E-state index contributed by atoms with van der Waals surface area (Å²) in [6.07, 6.45) is 6.54. The summed E-state index contributed by atoms with van der Waals surface area (Å²) in [5.41, 5.74) is 0. The fourth-order valence-electron chi connectivity index (χ4n) is 1.58. The fourth-order valence-corrected chi connectivity index (χ4v) is 1.58. The van der Waals surface area contributed by atoms with Crippen molar-refractivity contribution in [3.8, 4) is 0 Å². The Morgan fingerprint density at radius 3 is 2.91 bits per heavy atom. The van der Waals surface area contributed by atoms with Crippen molar-refractivity contribution in [2.75, 3.05) is 19.6 Å². The molecule has 2 rings (SSSR count). The van der Waals surface area contributed by atoms with Gasteiger partial charge < -0.3 is 5.11 Å². The van der Waals surface area contributed by atoms with Crippen molar-refractivity contribution in [2.45, 2.75) is 18.9 Å². The van der Waals surface area contributed by atoms with Crippen molar-refractivity contribution in [2.24, 2.45) is 5.92 Å². The highest BCUT2D eigenvalue weighted by Crippen LogP contribution is 2.29. The average Bonchev–Trinajstić information content (AvgIpc) is 2.71. The molecule has 1 saturated carbocycles. The molecule has 11 heavy (non-hydrogen) atoms. The number of rotatable bonds is 2. The molecule has 1 aliphatic heterocycles. The molecule has 0 aromatic rings. The first kappa shape index (κ1) is 7.32. The topological polar surface area (TPSA) is 23.5 Å². The van der Waals surface area contributed by atoms with Gasteiger partial charge in [-0.05, 0) is 18.8 Å². The number of hydrogen-bond acceptors (Lipinski definition) is 2. The van der Waals surface area contributed by atoms with E-state index in [9.17, 15) is 5.11 Å². The van der Waals surface area contributed by atoms with Gasteiger partial charge in [-0.15, -0.1) is 0 Å². The minimum atomic E-state index is -0.220. The number of hydrogen-bond donors (Lipinski definition) is 1. The smallest absolute Gasteiger partial charge is 0.0848 e. The van der Waals surface area contributed by atoms with Gasteiger partial charge in [0.15, 0.2) is 0 Å². The van der Waals surface area contributed by atoms with E-state index in [4.69, 9.17) is 0 Å². The van der Waals surface area contributed by atoms with Crippen LogP contribution in [0.3, 0.4) is 0 Å². The molecule has 2 aliphatic rings. The van der Waals surface area contributed by atoms with Crippen molar-refractivity contribution in [3.63, 3.8) is 0 Å². The second-order valence-electron chi connectivity index (χ2n) is 3.66. The van der Waals surface area contributed by atoms with Crippen molar-refractivity contribution >= 4 is 0 Å². The highest BCUT2D eigenvalue weighted by atomic mass is 16.3. The standard InChI is InChI=1S/C9H15NO/c11-9-2-1-5-10(7-9)6-8-3-4-8/h1-2,8-9,11H,3-7H2/t9-/m0/s1. The predicted octanol–water partition coefficient (Wildman–Crippen LogP) is 0.629. The van der Waals surface area contributed by atoms with E-state index in [-0.39, 0.29) is 6.10 Å². The van der Waals surface area contributed by atoms with Gasteiger partial charge >= 0.3 is 0 Å². The lowest BCUT2D eigenvalue weighted by molar-refractivity contribution is 0.141. The molecule has 0 spiro atoms. The molecule has 1 atom stereocenters. The third-order valence-corrected chi connectivity index (χ3v) is 2.38. The minimum Gasteiger partial charge on any atom is -0.388 e. The second-order valence-corrected chi connectivity index (χ2v) is 3.66. The molecular formula is C9H15NO. The summed E-state index contributed by atoms with van der Waals surface area (Å²) in [4.78, 5) is 2.34. The lowest BCUT2D eigenvalue weighted by Gasteiger charge is -2.25. The van der Waals surface area contributed by atoms with Crippen LogP contribution in [0, 0.1) is 5.92 Å². The zero-order valence-corrected chi connectivity index (χ0v) is 6.74. The Morgan fingerprint density at radius 2 is 2.27 bits per heavy atom. The van der Waals surface area contributed by atoms with Crippen LogP contribution >= 0.6 is 0 Å². The quantitative estimate of drug-likeness (QED) is 0.588. The molecule has 0 amide bonds. The molecule has 0 saturated heterocycles. The van der Waals surface area contributed by atoms with E-state index in [0.29, 0.717) is 0 Å². The van der Waals surface area contributed by atoms with Gasteiger partial charge in [0, 0.05) is 19.6 Å². The van der Waals surface area contributed by atoms with Gasteiger partial charge in [-0.25, -0.2) is 0 Å². The van der Waals surface area contributed by atoms with E-state index >= 15 is 0 Å². The molecule has 0 bridgehead atoms. The summed E-state index contributed by atoms with van der Waals surface area (Å²) in [7, 11) is 0. The van der Waals surface area contributed by atoms with Crippen molar-refractivity contribution < 1.29 is 5.11 Å². The first-order chi connectivity index (χ1) is 5.34. The Kier molecular flexibility index (Phi) is 1.96. The first-order valence-electron chi connectivity index (χ1n) is 4.41. The lowest BCUT2D eigenvalue weighted by Crippen LogP contribution is -2.36. The molecule has 1 N–H and O–H groups in total. The van der Waals surface area contributed by atoms with Crippen LogP contribution in [0.1, 0.15) is 12.8 Å². The lowest BCUT2D eigenvalue weighted by atomic mass is 10.2. The number of β-amino-alcohol motifs (C(OH)–C–C–N with tert-alkyl or cyclic N) is 1. The average molecular weight is 153 g/mol. The Balaban J connectivity index is 1.80. The van der Waals surface area contributed by atoms with E-state index in [1.807, 2.05) is 6.08 Å². The van der Waals surface area contributed by atoms with E-state index < -0.39 is 0 Å². The monoisotopic (exact) mass is 153 g/mol. The van der Waals surface area contributed by atoms with Crippen molar-refractivity contribution in [1.82, 2.24) is 4.90 Å². The van der Waals surface area contributed by atoms with Gasteiger partial charge in [-0.2, -0.15) is 0 Å². The van der Waals surface area contributed by atoms with E-state index in [0.717, 1.165) is 19.0 Å². The number of aliphatic hydroxyl groups is 1. The van der Waals surface area contributed by atoms with Crippen molar-refractivity contribution in [3.05, 3.63) is 12.2 Å². The van der Waals surface area contributed by atoms with Gasteiger partial charge in [-0.1, -0.05) is 12.2 Å². The molecule has 0 radical (unpaired) electrons. The van der Waals surface area contributed by atoms with Gasteiger partial charge in [-0.3, -0.25) is 4.90 Å². The molecule has 0 aromatic heterocycles. The first-order valence-corrected chi connectivity index (χ1v) is 4.41. The van der Waals surface area contributed by atoms with Crippen LogP contribution in [0.15, 0.2) is 12.2 Å². The highest BCUT2D eigenvalue weighted by molar-refractivity contribution is 4.98. The minimum absolute atomic E-state index is 0.220. The molecule has 0 aromatic carbocycles. The molecular weight excluding hydrogens is 138 g/mol. The third kappa shape index (κ3) is 2.04. The van der Waals surface area contributed by atoms with Crippen LogP contribution < -0.4 is 0 Å². The molecule has 1 aliphatic carbocycles. The summed E-state index contributed by atoms with van der Waals surface area (Å²) >= 11 is 0. The number of nitrogens with zero attached hydrogens (tertiary/aromatic N) is 1. The molecule has 2 nitrogen and oxygen atoms in total. The summed E-state index contributed by atoms with van der Waals surface area (Å²) < 4.78 is 0. The van der Waals surface area contributed by atoms with Crippen LogP contribution in [0.25, 0.3) is 0 Å². The molecule has 62 valence electrons. The van der Waals surface area contributed by atoms with Gasteiger partial charge in [0.25, 0.3) is 0 Å². The maximum atomic E-state index is 9.28. The van der Waals surface area contributed by atoms with Gasteiger partial charge in [0.2, 0.25) is 0 Å². The van der Waals surface area contributed by atoms with E-state index in [1.54, 1.807) is 0 Å². The van der Waals surface area contributed by atoms with Gasteiger partial charge in [0.05, 0.1) is 6.10 Å². The SMILES string of the molecule is O[C@H]1C=CCN(CC2CC2)C1. The third-order valence-electron chi connectivity index (χ3n) is 2.38. The normalized spacial score (nSPS) is 32.6. The van der Waals surface area contributed by atoms with E-state index in [1.165, 1.54) is 19.4 Å². The Bertz CT molecular complexity index is 163. The van der Waals surface area contributed by atoms with Crippen molar-refractivity contribution in [1.29, 1.82) is 0 Å². The summed E-state index contributed by atoms with van der Waals surface area (Å²) in [5, 5.41) is 9.28. The van der Waals surface area contributed by atoms with Crippen LogP contribution in [0.2, 0.25) is 0 Å². The maximum Gasteiger partial charge on any atom is 0.0848 e. The molecule has 1 fully saturated rings. The largest absolute Gasteiger partial charge is 0.388 e. The fraction of sp³-hybridized carbons (Fsp3) is 0.778. The Hall–Kier alpha value is -0.340. The zero-order chi connectivity index (χ0) is 7.68. The molecule has 1 heterocycles. The summed E-state index contributed by atoms with van der Waals surface area (Å²) in [6.45, 7) is 3.07. The molecule has 2 heteroatoms. The summed E-state index contributed by atoms with van der Waals surface area (Å²) in [5.74, 6) is 0.939. The molecule has 0 unspecified atom stereocenters. The van der Waals surface area contributed by atoms with Gasteiger partial charge in [0.1, 0.15) is 0 Å². The Morgan fingerprint density at radius 1 is 1.45 bits per heavy atom. The van der Waals surface area contributed by atoms with Crippen LogP contribution in [0.5, 0.6) is 0 Å². The highest BCUT2D eigenvalue weighted by Gasteiger charge is 2.25. The number of aliphatic hydroxyl groups excluding tert-OH is 1. The zero-order valence-electron chi connectivity index (χ0n) is 6.74. The maximum absolute atomic E-state index is 9.28. The Labute approximate surface area is 67.5 Å². The second kappa shape index (κ2) is 2.95.